The van der Waals surface area contributed by atoms with Crippen molar-refractivity contribution < 1.29 is 9.15 Å². The van der Waals surface area contributed by atoms with Crippen LogP contribution in [0.25, 0.3) is 0 Å². The summed E-state index contributed by atoms with van der Waals surface area (Å²) in [7, 11) is 0. The van der Waals surface area contributed by atoms with E-state index in [1.165, 1.54) is 11.1 Å². The maximum absolute atomic E-state index is 5.68. The molecule has 0 aliphatic carbocycles. The van der Waals surface area contributed by atoms with E-state index in [0.29, 0.717) is 6.54 Å². The molecule has 5 nitrogen and oxygen atoms in total. The molecule has 1 atom stereocenters. The Bertz CT molecular complexity index is 661. The largest absolute Gasteiger partial charge is 0.469 e. The molecule has 0 radical (unpaired) electrons. The molecule has 0 saturated carbocycles. The first-order chi connectivity index (χ1) is 12.3. The first-order valence-corrected chi connectivity index (χ1v) is 9.01. The third-order valence-corrected chi connectivity index (χ3v) is 4.27. The van der Waals surface area contributed by atoms with Crippen molar-refractivity contribution in [1.82, 2.24) is 10.6 Å². The lowest BCUT2D eigenvalue weighted by Crippen LogP contribution is -2.41. The third-order valence-electron chi connectivity index (χ3n) is 4.27. The number of aryl methyl sites for hydroxylation is 1. The van der Waals surface area contributed by atoms with E-state index in [1.54, 1.807) is 6.26 Å². The van der Waals surface area contributed by atoms with E-state index in [0.717, 1.165) is 50.7 Å². The highest BCUT2D eigenvalue weighted by Gasteiger charge is 2.15. The number of guanidine groups is 1. The number of hydrogen-bond acceptors (Lipinski definition) is 3. The lowest BCUT2D eigenvalue weighted by atomic mass is 10.1. The van der Waals surface area contributed by atoms with Crippen LogP contribution in [0.1, 0.15) is 29.7 Å². The van der Waals surface area contributed by atoms with Crippen molar-refractivity contribution in [3.05, 3.63) is 59.5 Å². The van der Waals surface area contributed by atoms with Crippen LogP contribution in [0, 0.1) is 6.92 Å². The predicted octanol–water partition coefficient (Wildman–Crippen LogP) is 3.04. The standard InChI is InChI=1S/C20H27N3O2/c1-16-5-2-6-17(13-16)14-22-20(23-15-19-8-4-12-25-19)21-10-9-18-7-3-11-24-18/h2-3,5-7,11,13,19H,4,8-10,12,14-15H2,1H3,(H2,21,22,23). The molecule has 1 aliphatic rings. The second kappa shape index (κ2) is 9.28. The number of ether oxygens (including phenoxy) is 1. The Labute approximate surface area is 149 Å². The van der Waals surface area contributed by atoms with Crippen molar-refractivity contribution >= 4 is 5.96 Å². The van der Waals surface area contributed by atoms with E-state index in [1.807, 2.05) is 12.1 Å². The van der Waals surface area contributed by atoms with E-state index >= 15 is 0 Å². The summed E-state index contributed by atoms with van der Waals surface area (Å²) in [6.07, 6.45) is 5.09. The predicted molar refractivity (Wildman–Crippen MR) is 99.7 cm³/mol. The fraction of sp³-hybridized carbons (Fsp3) is 0.450. The average molecular weight is 341 g/mol. The normalized spacial score (nSPS) is 17.6. The molecule has 1 unspecified atom stereocenters. The second-order valence-corrected chi connectivity index (χ2v) is 6.43. The average Bonchev–Trinajstić information content (AvgIpc) is 3.30. The van der Waals surface area contributed by atoms with Gasteiger partial charge >= 0.3 is 0 Å². The number of hydrogen-bond donors (Lipinski definition) is 2. The molecule has 2 N–H and O–H groups in total. The molecular weight excluding hydrogens is 314 g/mol. The first kappa shape index (κ1) is 17.5. The van der Waals surface area contributed by atoms with Crippen LogP contribution in [-0.4, -0.2) is 31.8 Å². The smallest absolute Gasteiger partial charge is 0.191 e. The lowest BCUT2D eigenvalue weighted by molar-refractivity contribution is 0.114. The third kappa shape index (κ3) is 5.94. The zero-order chi connectivity index (χ0) is 17.3. The van der Waals surface area contributed by atoms with Crippen LogP contribution in [-0.2, 0) is 17.7 Å². The Kier molecular flexibility index (Phi) is 6.51. The topological polar surface area (TPSA) is 58.8 Å². The molecule has 1 aromatic carbocycles. The van der Waals surface area contributed by atoms with Gasteiger partial charge in [0.05, 0.1) is 18.9 Å². The maximum atomic E-state index is 5.68. The summed E-state index contributed by atoms with van der Waals surface area (Å²) in [5, 5.41) is 6.80. The van der Waals surface area contributed by atoms with Crippen LogP contribution >= 0.6 is 0 Å². The highest BCUT2D eigenvalue weighted by molar-refractivity contribution is 5.79. The van der Waals surface area contributed by atoms with Gasteiger partial charge in [-0.15, -0.1) is 0 Å². The summed E-state index contributed by atoms with van der Waals surface area (Å²) < 4.78 is 11.1. The van der Waals surface area contributed by atoms with Crippen LogP contribution in [0.15, 0.2) is 52.1 Å². The minimum Gasteiger partial charge on any atom is -0.469 e. The molecule has 1 aliphatic heterocycles. The van der Waals surface area contributed by atoms with E-state index in [-0.39, 0.29) is 6.10 Å². The number of furan rings is 1. The monoisotopic (exact) mass is 341 g/mol. The van der Waals surface area contributed by atoms with Crippen molar-refractivity contribution in [3.8, 4) is 0 Å². The van der Waals surface area contributed by atoms with Gasteiger partial charge < -0.3 is 19.8 Å². The first-order valence-electron chi connectivity index (χ1n) is 9.01. The summed E-state index contributed by atoms with van der Waals surface area (Å²) in [5.41, 5.74) is 2.47. The molecule has 0 spiro atoms. The molecule has 0 amide bonds. The fourth-order valence-corrected chi connectivity index (χ4v) is 2.93. The Balaban J connectivity index is 1.54. The van der Waals surface area contributed by atoms with E-state index in [2.05, 4.69) is 41.8 Å². The SMILES string of the molecule is Cc1cccc(CN=C(NCCc2ccco2)NCC2CCCO2)c1. The molecule has 5 heteroatoms. The quantitative estimate of drug-likeness (QED) is 0.600. The van der Waals surface area contributed by atoms with E-state index in [9.17, 15) is 0 Å². The van der Waals surface area contributed by atoms with E-state index < -0.39 is 0 Å². The van der Waals surface area contributed by atoms with Crippen molar-refractivity contribution in [1.29, 1.82) is 0 Å². The fourth-order valence-electron chi connectivity index (χ4n) is 2.93. The summed E-state index contributed by atoms with van der Waals surface area (Å²) in [6, 6.07) is 12.4. The summed E-state index contributed by atoms with van der Waals surface area (Å²) >= 11 is 0. The summed E-state index contributed by atoms with van der Waals surface area (Å²) in [6.45, 7) is 5.20. The minimum absolute atomic E-state index is 0.288. The van der Waals surface area contributed by atoms with Crippen LogP contribution in [0.3, 0.4) is 0 Å². The Morgan fingerprint density at radius 3 is 2.96 bits per heavy atom. The van der Waals surface area contributed by atoms with Crippen LogP contribution in [0.5, 0.6) is 0 Å². The highest BCUT2D eigenvalue weighted by Crippen LogP contribution is 2.10. The molecule has 134 valence electrons. The van der Waals surface area contributed by atoms with Crippen molar-refractivity contribution in [2.75, 3.05) is 19.7 Å². The maximum Gasteiger partial charge on any atom is 0.191 e. The zero-order valence-electron chi connectivity index (χ0n) is 14.8. The van der Waals surface area contributed by atoms with Gasteiger partial charge in [-0.05, 0) is 37.5 Å². The minimum atomic E-state index is 0.288. The zero-order valence-corrected chi connectivity index (χ0v) is 14.8. The van der Waals surface area contributed by atoms with Gasteiger partial charge in [0.15, 0.2) is 5.96 Å². The molecule has 2 aromatic rings. The van der Waals surface area contributed by atoms with E-state index in [4.69, 9.17) is 14.1 Å². The number of aliphatic imine (C=N–C) groups is 1. The number of nitrogens with one attached hydrogen (secondary N) is 2. The van der Waals surface area contributed by atoms with Gasteiger partial charge in [0.1, 0.15) is 5.76 Å². The van der Waals surface area contributed by atoms with Gasteiger partial charge in [0, 0.05) is 26.1 Å². The molecule has 1 fully saturated rings. The number of rotatable bonds is 7. The molecule has 1 saturated heterocycles. The molecule has 3 rings (SSSR count). The number of benzene rings is 1. The Hall–Kier alpha value is -2.27. The highest BCUT2D eigenvalue weighted by atomic mass is 16.5. The van der Waals surface area contributed by atoms with Gasteiger partial charge in [-0.2, -0.15) is 0 Å². The van der Waals surface area contributed by atoms with Gasteiger partial charge in [0.2, 0.25) is 0 Å². The van der Waals surface area contributed by atoms with Crippen LogP contribution in [0.4, 0.5) is 0 Å². The summed E-state index contributed by atoms with van der Waals surface area (Å²) in [4.78, 5) is 4.72. The van der Waals surface area contributed by atoms with Crippen molar-refractivity contribution in [2.45, 2.75) is 38.8 Å². The summed E-state index contributed by atoms with van der Waals surface area (Å²) in [5.74, 6) is 1.80. The Morgan fingerprint density at radius 1 is 1.24 bits per heavy atom. The Morgan fingerprint density at radius 2 is 2.20 bits per heavy atom. The van der Waals surface area contributed by atoms with Crippen molar-refractivity contribution in [2.24, 2.45) is 4.99 Å². The molecule has 0 bridgehead atoms. The number of nitrogens with zero attached hydrogens (tertiary/aromatic N) is 1. The van der Waals surface area contributed by atoms with Crippen molar-refractivity contribution in [3.63, 3.8) is 0 Å². The second-order valence-electron chi connectivity index (χ2n) is 6.43. The molecule has 25 heavy (non-hydrogen) atoms. The van der Waals surface area contributed by atoms with Gasteiger partial charge in [-0.1, -0.05) is 29.8 Å². The molecular formula is C20H27N3O2. The van der Waals surface area contributed by atoms with Gasteiger partial charge in [-0.3, -0.25) is 0 Å². The van der Waals surface area contributed by atoms with Crippen LogP contribution in [0.2, 0.25) is 0 Å². The van der Waals surface area contributed by atoms with Gasteiger partial charge in [0.25, 0.3) is 0 Å². The molecule has 1 aromatic heterocycles. The van der Waals surface area contributed by atoms with Gasteiger partial charge in [-0.25, -0.2) is 4.99 Å². The van der Waals surface area contributed by atoms with Crippen LogP contribution < -0.4 is 10.6 Å². The lowest BCUT2D eigenvalue weighted by Gasteiger charge is -2.15. The molecule has 2 heterocycles.